The number of benzene rings is 3. The molecule has 0 spiro atoms. The van der Waals surface area contributed by atoms with Crippen LogP contribution in [-0.4, -0.2) is 43.8 Å². The summed E-state index contributed by atoms with van der Waals surface area (Å²) >= 11 is 15.0. The van der Waals surface area contributed by atoms with Crippen LogP contribution in [0.4, 0.5) is 5.69 Å². The van der Waals surface area contributed by atoms with Gasteiger partial charge >= 0.3 is 0 Å². The minimum atomic E-state index is -4.12. The lowest BCUT2D eigenvalue weighted by Gasteiger charge is -2.33. The maximum atomic E-state index is 14.0. The van der Waals surface area contributed by atoms with E-state index in [0.29, 0.717) is 21.3 Å². The number of hydrogen-bond donors (Lipinski definition) is 1. The van der Waals surface area contributed by atoms with Crippen LogP contribution in [0.15, 0.2) is 77.7 Å². The van der Waals surface area contributed by atoms with Crippen LogP contribution >= 0.6 is 45.8 Å². The summed E-state index contributed by atoms with van der Waals surface area (Å²) in [7, 11) is -4.12. The predicted octanol–water partition coefficient (Wildman–Crippen LogP) is 6.27. The third kappa shape index (κ3) is 7.29. The number of halogens is 3. The van der Waals surface area contributed by atoms with Gasteiger partial charge in [-0.3, -0.25) is 13.9 Å². The third-order valence-corrected chi connectivity index (χ3v) is 10.2. The first-order chi connectivity index (χ1) is 19.1. The Bertz CT molecular complexity index is 1430. The van der Waals surface area contributed by atoms with E-state index in [9.17, 15) is 18.0 Å². The molecule has 1 aliphatic carbocycles. The summed E-state index contributed by atoms with van der Waals surface area (Å²) in [4.78, 5) is 28.7. The van der Waals surface area contributed by atoms with Crippen LogP contribution in [0.5, 0.6) is 0 Å². The van der Waals surface area contributed by atoms with Gasteiger partial charge in [-0.25, -0.2) is 8.42 Å². The molecular weight excluding hydrogens is 684 g/mol. The van der Waals surface area contributed by atoms with Gasteiger partial charge in [-0.05, 0) is 90.9 Å². The van der Waals surface area contributed by atoms with Crippen LogP contribution in [0.3, 0.4) is 0 Å². The van der Waals surface area contributed by atoms with Crippen molar-refractivity contribution in [3.05, 3.63) is 92.0 Å². The standard InChI is InChI=1S/C29H30Cl2IN3O4S/c1-20(29(37)33-22-8-5-6-9-22)34(18-25-26(30)12-7-13-27(25)31)28(36)19-35(23-16-14-21(32)15-17-23)40(38,39)24-10-3-2-4-11-24/h2-4,7,10-17,20,22H,5-6,8-9,18-19H2,1H3,(H,33,37)/t20-/m1/s1. The zero-order valence-electron chi connectivity index (χ0n) is 21.9. The van der Waals surface area contributed by atoms with Crippen molar-refractivity contribution in [1.82, 2.24) is 10.2 Å². The zero-order chi connectivity index (χ0) is 28.9. The number of anilines is 1. The molecule has 1 fully saturated rings. The summed E-state index contributed by atoms with van der Waals surface area (Å²) in [6.45, 7) is 1.04. The van der Waals surface area contributed by atoms with E-state index >= 15 is 0 Å². The number of sulfonamides is 1. The fourth-order valence-electron chi connectivity index (χ4n) is 4.68. The van der Waals surface area contributed by atoms with Gasteiger partial charge in [0.15, 0.2) is 0 Å². The van der Waals surface area contributed by atoms with E-state index in [1.165, 1.54) is 17.0 Å². The lowest BCUT2D eigenvalue weighted by Crippen LogP contribution is -2.52. The molecule has 0 heterocycles. The van der Waals surface area contributed by atoms with Gasteiger partial charge < -0.3 is 10.2 Å². The maximum absolute atomic E-state index is 14.0. The van der Waals surface area contributed by atoms with Crippen LogP contribution in [0.25, 0.3) is 0 Å². The quantitative estimate of drug-likeness (QED) is 0.251. The molecule has 1 saturated carbocycles. The first-order valence-corrected chi connectivity index (χ1v) is 16.2. The van der Waals surface area contributed by atoms with Gasteiger partial charge in [0, 0.05) is 31.8 Å². The SMILES string of the molecule is C[C@H](C(=O)NC1CCCC1)N(Cc1c(Cl)cccc1Cl)C(=O)CN(c1ccc(I)cc1)S(=O)(=O)c1ccccc1. The molecule has 1 aliphatic rings. The second-order valence-corrected chi connectivity index (χ2v) is 13.6. The molecule has 3 aromatic carbocycles. The monoisotopic (exact) mass is 713 g/mol. The van der Waals surface area contributed by atoms with Crippen molar-refractivity contribution in [2.45, 2.75) is 56.1 Å². The summed E-state index contributed by atoms with van der Waals surface area (Å²) in [5.74, 6) is -0.877. The van der Waals surface area contributed by atoms with Gasteiger partial charge in [0.05, 0.1) is 10.6 Å². The molecule has 212 valence electrons. The van der Waals surface area contributed by atoms with Gasteiger partial charge in [0.1, 0.15) is 12.6 Å². The molecule has 0 unspecified atom stereocenters. The maximum Gasteiger partial charge on any atom is 0.264 e. The Morgan fingerprint density at radius 2 is 1.55 bits per heavy atom. The number of nitrogens with one attached hydrogen (secondary N) is 1. The van der Waals surface area contributed by atoms with Gasteiger partial charge in [0.2, 0.25) is 11.8 Å². The largest absolute Gasteiger partial charge is 0.352 e. The molecule has 11 heteroatoms. The van der Waals surface area contributed by atoms with Crippen molar-refractivity contribution >= 4 is 73.3 Å². The van der Waals surface area contributed by atoms with Crippen molar-refractivity contribution in [2.24, 2.45) is 0 Å². The van der Waals surface area contributed by atoms with E-state index in [4.69, 9.17) is 23.2 Å². The Morgan fingerprint density at radius 1 is 0.950 bits per heavy atom. The van der Waals surface area contributed by atoms with Gasteiger partial charge in [-0.1, -0.05) is 60.3 Å². The molecule has 0 bridgehead atoms. The van der Waals surface area contributed by atoms with Crippen LogP contribution in [-0.2, 0) is 26.2 Å². The number of carbonyl (C=O) groups excluding carboxylic acids is 2. The Kier molecular flexibility index (Phi) is 10.4. The van der Waals surface area contributed by atoms with Gasteiger partial charge in [-0.15, -0.1) is 0 Å². The normalized spacial score (nSPS) is 14.5. The highest BCUT2D eigenvalue weighted by molar-refractivity contribution is 14.1. The molecule has 1 N–H and O–H groups in total. The van der Waals surface area contributed by atoms with Crippen LogP contribution in [0, 0.1) is 3.57 Å². The number of hydrogen-bond acceptors (Lipinski definition) is 4. The van der Waals surface area contributed by atoms with Crippen molar-refractivity contribution < 1.29 is 18.0 Å². The Labute approximate surface area is 259 Å². The smallest absolute Gasteiger partial charge is 0.264 e. The molecule has 40 heavy (non-hydrogen) atoms. The minimum Gasteiger partial charge on any atom is -0.352 e. The van der Waals surface area contributed by atoms with Crippen LogP contribution in [0.1, 0.15) is 38.2 Å². The number of carbonyl (C=O) groups is 2. The number of amides is 2. The van der Waals surface area contributed by atoms with E-state index in [-0.39, 0.29) is 23.4 Å². The third-order valence-electron chi connectivity index (χ3n) is 6.98. The lowest BCUT2D eigenvalue weighted by atomic mass is 10.1. The Balaban J connectivity index is 1.70. The first-order valence-electron chi connectivity index (χ1n) is 12.9. The average molecular weight is 714 g/mol. The molecule has 7 nitrogen and oxygen atoms in total. The lowest BCUT2D eigenvalue weighted by molar-refractivity contribution is -0.139. The van der Waals surface area contributed by atoms with Crippen molar-refractivity contribution in [1.29, 1.82) is 0 Å². The molecule has 0 aromatic heterocycles. The molecule has 3 aromatic rings. The van der Waals surface area contributed by atoms with E-state index in [1.54, 1.807) is 67.6 Å². The predicted molar refractivity (Wildman–Crippen MR) is 167 cm³/mol. The second kappa shape index (κ2) is 13.5. The fraction of sp³-hybridized carbons (Fsp3) is 0.310. The molecular formula is C29H30Cl2IN3O4S. The first kappa shape index (κ1) is 30.6. The highest BCUT2D eigenvalue weighted by Crippen LogP contribution is 2.29. The van der Waals surface area contributed by atoms with Crippen LogP contribution in [0.2, 0.25) is 10.0 Å². The van der Waals surface area contributed by atoms with Crippen LogP contribution < -0.4 is 9.62 Å². The zero-order valence-corrected chi connectivity index (χ0v) is 26.4. The van der Waals surface area contributed by atoms with Gasteiger partial charge in [0.25, 0.3) is 10.0 Å². The molecule has 0 saturated heterocycles. The van der Waals surface area contributed by atoms with E-state index in [2.05, 4.69) is 27.9 Å². The molecule has 1 atom stereocenters. The van der Waals surface area contributed by atoms with Gasteiger partial charge in [-0.2, -0.15) is 0 Å². The van der Waals surface area contributed by atoms with Crippen molar-refractivity contribution in [2.75, 3.05) is 10.8 Å². The molecule has 0 aliphatic heterocycles. The topological polar surface area (TPSA) is 86.8 Å². The average Bonchev–Trinajstić information content (AvgIpc) is 3.45. The van der Waals surface area contributed by atoms with E-state index in [1.807, 2.05) is 0 Å². The minimum absolute atomic E-state index is 0.0501. The highest BCUT2D eigenvalue weighted by atomic mass is 127. The molecule has 4 rings (SSSR count). The number of nitrogens with zero attached hydrogens (tertiary/aromatic N) is 2. The Morgan fingerprint density at radius 3 is 2.15 bits per heavy atom. The summed E-state index contributed by atoms with van der Waals surface area (Å²) in [6, 6.07) is 19.0. The highest BCUT2D eigenvalue weighted by Gasteiger charge is 2.34. The summed E-state index contributed by atoms with van der Waals surface area (Å²) in [5.41, 5.74) is 0.808. The van der Waals surface area contributed by atoms with Crippen molar-refractivity contribution in [3.8, 4) is 0 Å². The number of rotatable bonds is 10. The van der Waals surface area contributed by atoms with Crippen molar-refractivity contribution in [3.63, 3.8) is 0 Å². The van der Waals surface area contributed by atoms with E-state index in [0.717, 1.165) is 33.6 Å². The van der Waals surface area contributed by atoms with E-state index < -0.39 is 28.5 Å². The Hall–Kier alpha value is -2.34. The molecule has 2 amide bonds. The summed E-state index contributed by atoms with van der Waals surface area (Å²) in [6.07, 6.45) is 3.86. The second-order valence-electron chi connectivity index (χ2n) is 9.69. The summed E-state index contributed by atoms with van der Waals surface area (Å²) < 4.78 is 29.6. The fourth-order valence-corrected chi connectivity index (χ4v) is 7.00. The molecule has 0 radical (unpaired) electrons. The summed E-state index contributed by atoms with van der Waals surface area (Å²) in [5, 5.41) is 3.74.